The molecule has 0 bridgehead atoms. The summed E-state index contributed by atoms with van der Waals surface area (Å²) in [6.07, 6.45) is 4.71. The number of hydrogen-bond donors (Lipinski definition) is 1. The van der Waals surface area contributed by atoms with Crippen molar-refractivity contribution in [1.82, 2.24) is 10.3 Å². The summed E-state index contributed by atoms with van der Waals surface area (Å²) in [5.74, 6) is 0.247. The molecule has 3 rings (SSSR count). The van der Waals surface area contributed by atoms with Gasteiger partial charge in [-0.1, -0.05) is 30.3 Å². The first kappa shape index (κ1) is 15.4. The summed E-state index contributed by atoms with van der Waals surface area (Å²) < 4.78 is 0. The van der Waals surface area contributed by atoms with E-state index in [-0.39, 0.29) is 11.5 Å². The van der Waals surface area contributed by atoms with Crippen molar-refractivity contribution in [3.05, 3.63) is 57.6 Å². The van der Waals surface area contributed by atoms with Crippen LogP contribution in [0.2, 0.25) is 0 Å². The van der Waals surface area contributed by atoms with Crippen LogP contribution < -0.4 is 5.32 Å². The normalized spacial score (nSPS) is 14.3. The number of hydrogen-bond acceptors (Lipinski definition) is 4. The molecule has 1 N–H and O–H groups in total. The molecule has 1 saturated carbocycles. The van der Waals surface area contributed by atoms with Crippen LogP contribution in [0.4, 0.5) is 0 Å². The number of benzene rings is 1. The van der Waals surface area contributed by atoms with E-state index in [0.717, 1.165) is 17.0 Å². The van der Waals surface area contributed by atoms with Crippen LogP contribution in [0, 0.1) is 11.3 Å². The first-order chi connectivity index (χ1) is 11.3. The third-order valence-electron chi connectivity index (χ3n) is 3.67. The first-order valence-electron chi connectivity index (χ1n) is 7.65. The highest BCUT2D eigenvalue weighted by Crippen LogP contribution is 2.41. The average Bonchev–Trinajstić information content (AvgIpc) is 3.32. The van der Waals surface area contributed by atoms with E-state index < -0.39 is 0 Å². The van der Waals surface area contributed by atoms with Crippen LogP contribution in [-0.2, 0) is 11.2 Å². The minimum atomic E-state index is -0.343. The maximum Gasteiger partial charge on any atom is 0.262 e. The highest BCUT2D eigenvalue weighted by Gasteiger charge is 2.26. The van der Waals surface area contributed by atoms with Crippen LogP contribution in [0.1, 0.15) is 35.0 Å². The van der Waals surface area contributed by atoms with Gasteiger partial charge >= 0.3 is 0 Å². The minimum Gasteiger partial charge on any atom is -0.351 e. The second-order valence-electron chi connectivity index (χ2n) is 5.55. The van der Waals surface area contributed by atoms with Gasteiger partial charge in [-0.25, -0.2) is 4.98 Å². The van der Waals surface area contributed by atoms with E-state index in [0.29, 0.717) is 18.2 Å². The summed E-state index contributed by atoms with van der Waals surface area (Å²) in [4.78, 5) is 16.6. The fourth-order valence-electron chi connectivity index (χ4n) is 2.24. The maximum atomic E-state index is 12.1. The molecule has 5 heteroatoms. The van der Waals surface area contributed by atoms with E-state index in [9.17, 15) is 10.1 Å². The van der Waals surface area contributed by atoms with Gasteiger partial charge in [0.05, 0.1) is 10.7 Å². The van der Waals surface area contributed by atoms with E-state index in [4.69, 9.17) is 0 Å². The Hall–Kier alpha value is -2.45. The van der Waals surface area contributed by atoms with Crippen molar-refractivity contribution in [2.45, 2.75) is 25.2 Å². The smallest absolute Gasteiger partial charge is 0.262 e. The van der Waals surface area contributed by atoms with Gasteiger partial charge < -0.3 is 5.32 Å². The SMILES string of the molecule is N#CC(=Cc1csc(C2CC2)n1)C(=O)NCCc1ccccc1. The van der Waals surface area contributed by atoms with Gasteiger partial charge in [-0.05, 0) is 30.9 Å². The van der Waals surface area contributed by atoms with Crippen LogP contribution in [0.15, 0.2) is 41.3 Å². The van der Waals surface area contributed by atoms with E-state index >= 15 is 0 Å². The number of thiazole rings is 1. The Bertz CT molecular complexity index is 754. The number of nitriles is 1. The van der Waals surface area contributed by atoms with Gasteiger partial charge in [0, 0.05) is 17.8 Å². The molecule has 23 heavy (non-hydrogen) atoms. The predicted octanol–water partition coefficient (Wildman–Crippen LogP) is 3.29. The van der Waals surface area contributed by atoms with Crippen molar-refractivity contribution in [2.75, 3.05) is 6.54 Å². The number of carbonyl (C=O) groups is 1. The highest BCUT2D eigenvalue weighted by atomic mass is 32.1. The molecular formula is C18H17N3OS. The molecule has 1 heterocycles. The number of amides is 1. The average molecular weight is 323 g/mol. The summed E-state index contributed by atoms with van der Waals surface area (Å²) in [5, 5.41) is 15.0. The Morgan fingerprint density at radius 1 is 1.39 bits per heavy atom. The number of nitrogens with one attached hydrogen (secondary N) is 1. The van der Waals surface area contributed by atoms with E-state index in [2.05, 4.69) is 10.3 Å². The lowest BCUT2D eigenvalue weighted by Crippen LogP contribution is -2.26. The first-order valence-corrected chi connectivity index (χ1v) is 8.53. The summed E-state index contributed by atoms with van der Waals surface area (Å²) in [7, 11) is 0. The van der Waals surface area contributed by atoms with E-state index in [1.807, 2.05) is 41.8 Å². The van der Waals surface area contributed by atoms with Crippen molar-refractivity contribution in [2.24, 2.45) is 0 Å². The molecule has 1 amide bonds. The molecular weight excluding hydrogens is 306 g/mol. The summed E-state index contributed by atoms with van der Waals surface area (Å²) in [6.45, 7) is 0.506. The van der Waals surface area contributed by atoms with Crippen LogP contribution in [-0.4, -0.2) is 17.4 Å². The summed E-state index contributed by atoms with van der Waals surface area (Å²) in [6, 6.07) is 11.9. The molecule has 1 aromatic heterocycles. The molecule has 116 valence electrons. The number of aromatic nitrogens is 1. The molecule has 4 nitrogen and oxygen atoms in total. The van der Waals surface area contributed by atoms with Crippen LogP contribution in [0.3, 0.4) is 0 Å². The van der Waals surface area contributed by atoms with Crippen LogP contribution in [0.5, 0.6) is 0 Å². The Morgan fingerprint density at radius 3 is 2.87 bits per heavy atom. The quantitative estimate of drug-likeness (QED) is 0.655. The van der Waals surface area contributed by atoms with Crippen LogP contribution >= 0.6 is 11.3 Å². The fraction of sp³-hybridized carbons (Fsp3) is 0.278. The molecule has 1 aromatic carbocycles. The molecule has 0 aliphatic heterocycles. The lowest BCUT2D eigenvalue weighted by molar-refractivity contribution is -0.117. The highest BCUT2D eigenvalue weighted by molar-refractivity contribution is 7.09. The predicted molar refractivity (Wildman–Crippen MR) is 90.8 cm³/mol. The maximum absolute atomic E-state index is 12.1. The molecule has 1 fully saturated rings. The lowest BCUT2D eigenvalue weighted by Gasteiger charge is -2.04. The molecule has 0 unspecified atom stereocenters. The second kappa shape index (κ2) is 7.21. The third kappa shape index (κ3) is 4.27. The molecule has 1 aliphatic carbocycles. The second-order valence-corrected chi connectivity index (χ2v) is 6.44. The minimum absolute atomic E-state index is 0.103. The monoisotopic (exact) mass is 323 g/mol. The van der Waals surface area contributed by atoms with Gasteiger partial charge in [0.1, 0.15) is 11.6 Å². The molecule has 0 atom stereocenters. The van der Waals surface area contributed by atoms with Crippen molar-refractivity contribution in [1.29, 1.82) is 5.26 Å². The largest absolute Gasteiger partial charge is 0.351 e. The van der Waals surface area contributed by atoms with Gasteiger partial charge in [0.2, 0.25) is 0 Å². The zero-order valence-electron chi connectivity index (χ0n) is 12.7. The molecule has 0 saturated heterocycles. The number of rotatable bonds is 6. The topological polar surface area (TPSA) is 65.8 Å². The van der Waals surface area contributed by atoms with Crippen molar-refractivity contribution < 1.29 is 4.79 Å². The lowest BCUT2D eigenvalue weighted by atomic mass is 10.1. The molecule has 1 aliphatic rings. The van der Waals surface area contributed by atoms with Gasteiger partial charge in [-0.3, -0.25) is 4.79 Å². The molecule has 0 radical (unpaired) electrons. The zero-order chi connectivity index (χ0) is 16.1. The fourth-order valence-corrected chi connectivity index (χ4v) is 3.19. The van der Waals surface area contributed by atoms with Crippen molar-refractivity contribution in [3.8, 4) is 6.07 Å². The van der Waals surface area contributed by atoms with Crippen molar-refractivity contribution >= 4 is 23.3 Å². The Morgan fingerprint density at radius 2 is 2.17 bits per heavy atom. The number of nitrogens with zero attached hydrogens (tertiary/aromatic N) is 2. The van der Waals surface area contributed by atoms with Crippen LogP contribution in [0.25, 0.3) is 6.08 Å². The van der Waals surface area contributed by atoms with Gasteiger partial charge in [0.25, 0.3) is 5.91 Å². The van der Waals surface area contributed by atoms with E-state index in [1.165, 1.54) is 12.8 Å². The molecule has 0 spiro atoms. The third-order valence-corrected chi connectivity index (χ3v) is 4.69. The summed E-state index contributed by atoms with van der Waals surface area (Å²) >= 11 is 1.60. The van der Waals surface area contributed by atoms with Gasteiger partial charge in [-0.15, -0.1) is 11.3 Å². The van der Waals surface area contributed by atoms with E-state index in [1.54, 1.807) is 17.4 Å². The van der Waals surface area contributed by atoms with Crippen molar-refractivity contribution in [3.63, 3.8) is 0 Å². The van der Waals surface area contributed by atoms with Gasteiger partial charge in [-0.2, -0.15) is 5.26 Å². The molecule has 2 aromatic rings. The Kier molecular flexibility index (Phi) is 4.84. The zero-order valence-corrected chi connectivity index (χ0v) is 13.5. The summed E-state index contributed by atoms with van der Waals surface area (Å²) in [5.41, 5.74) is 1.96. The standard InChI is InChI=1S/C18H17N3OS/c19-11-15(10-16-12-23-18(21-16)14-6-7-14)17(22)20-9-8-13-4-2-1-3-5-13/h1-5,10,12,14H,6-9H2,(H,20,22). The Balaban J connectivity index is 1.57. The number of carbonyl (C=O) groups excluding carboxylic acids is 1. The van der Waals surface area contributed by atoms with Gasteiger partial charge in [0.15, 0.2) is 0 Å². The Labute approximate surface area is 139 Å².